The fourth-order valence-corrected chi connectivity index (χ4v) is 2.90. The summed E-state index contributed by atoms with van der Waals surface area (Å²) in [6.07, 6.45) is 7.12. The number of hydrogen-bond acceptors (Lipinski definition) is 1. The number of nitrogens with one attached hydrogen (secondary N) is 1. The SMILES string of the molecule is O=C(CC1CC1)NCC1CCCC1Br. The molecular formula is C11H18BrNO. The summed E-state index contributed by atoms with van der Waals surface area (Å²) in [5, 5.41) is 3.06. The summed E-state index contributed by atoms with van der Waals surface area (Å²) in [6.45, 7) is 0.876. The maximum Gasteiger partial charge on any atom is 0.220 e. The summed E-state index contributed by atoms with van der Waals surface area (Å²) in [4.78, 5) is 12.1. The number of rotatable bonds is 4. The molecule has 14 heavy (non-hydrogen) atoms. The highest BCUT2D eigenvalue weighted by Crippen LogP contribution is 2.33. The van der Waals surface area contributed by atoms with Gasteiger partial charge in [-0.15, -0.1) is 0 Å². The van der Waals surface area contributed by atoms with Crippen molar-refractivity contribution in [1.29, 1.82) is 0 Å². The van der Waals surface area contributed by atoms with E-state index in [1.807, 2.05) is 0 Å². The van der Waals surface area contributed by atoms with Gasteiger partial charge in [-0.3, -0.25) is 4.79 Å². The van der Waals surface area contributed by atoms with E-state index in [4.69, 9.17) is 0 Å². The fraction of sp³-hybridized carbons (Fsp3) is 0.909. The Balaban J connectivity index is 1.62. The van der Waals surface area contributed by atoms with Crippen LogP contribution >= 0.6 is 15.9 Å². The molecule has 0 radical (unpaired) electrons. The monoisotopic (exact) mass is 259 g/mol. The molecule has 0 aliphatic heterocycles. The molecule has 0 aromatic carbocycles. The molecule has 2 unspecified atom stereocenters. The van der Waals surface area contributed by atoms with Gasteiger partial charge in [-0.1, -0.05) is 22.4 Å². The van der Waals surface area contributed by atoms with E-state index in [0.29, 0.717) is 16.7 Å². The van der Waals surface area contributed by atoms with Crippen molar-refractivity contribution in [2.45, 2.75) is 43.4 Å². The van der Waals surface area contributed by atoms with Gasteiger partial charge in [0.25, 0.3) is 0 Å². The van der Waals surface area contributed by atoms with Crippen molar-refractivity contribution in [1.82, 2.24) is 5.32 Å². The lowest BCUT2D eigenvalue weighted by molar-refractivity contribution is -0.121. The van der Waals surface area contributed by atoms with E-state index >= 15 is 0 Å². The van der Waals surface area contributed by atoms with E-state index in [0.717, 1.165) is 13.0 Å². The number of carbonyl (C=O) groups is 1. The zero-order valence-corrected chi connectivity index (χ0v) is 10.1. The number of carbonyl (C=O) groups excluding carboxylic acids is 1. The summed E-state index contributed by atoms with van der Waals surface area (Å²) < 4.78 is 0. The summed E-state index contributed by atoms with van der Waals surface area (Å²) >= 11 is 3.67. The molecule has 0 aromatic heterocycles. The van der Waals surface area contributed by atoms with Gasteiger partial charge in [0.05, 0.1) is 0 Å². The molecule has 2 atom stereocenters. The molecule has 3 heteroatoms. The van der Waals surface area contributed by atoms with Gasteiger partial charge < -0.3 is 5.32 Å². The van der Waals surface area contributed by atoms with Crippen LogP contribution in [0.4, 0.5) is 0 Å². The third-order valence-corrected chi connectivity index (χ3v) is 4.50. The van der Waals surface area contributed by atoms with Crippen molar-refractivity contribution in [2.24, 2.45) is 11.8 Å². The maximum atomic E-state index is 11.4. The van der Waals surface area contributed by atoms with Crippen molar-refractivity contribution in [3.8, 4) is 0 Å². The highest BCUT2D eigenvalue weighted by Gasteiger charge is 2.27. The molecular weight excluding hydrogens is 242 g/mol. The van der Waals surface area contributed by atoms with Gasteiger partial charge in [-0.2, -0.15) is 0 Å². The summed E-state index contributed by atoms with van der Waals surface area (Å²) in [5.41, 5.74) is 0. The van der Waals surface area contributed by atoms with Crippen LogP contribution in [0.2, 0.25) is 0 Å². The summed E-state index contributed by atoms with van der Waals surface area (Å²) in [6, 6.07) is 0. The molecule has 2 aliphatic carbocycles. The zero-order chi connectivity index (χ0) is 9.97. The maximum absolute atomic E-state index is 11.4. The number of amides is 1. The lowest BCUT2D eigenvalue weighted by Gasteiger charge is -2.14. The Hall–Kier alpha value is -0.0500. The molecule has 0 bridgehead atoms. The van der Waals surface area contributed by atoms with Gasteiger partial charge in [0.15, 0.2) is 0 Å². The first-order valence-electron chi connectivity index (χ1n) is 5.66. The Morgan fingerprint density at radius 1 is 1.29 bits per heavy atom. The minimum atomic E-state index is 0.263. The predicted octanol–water partition coefficient (Wildman–Crippen LogP) is 2.47. The van der Waals surface area contributed by atoms with Crippen molar-refractivity contribution < 1.29 is 4.79 Å². The van der Waals surface area contributed by atoms with Crippen LogP contribution in [0.5, 0.6) is 0 Å². The Bertz CT molecular complexity index is 215. The molecule has 0 saturated heterocycles. The molecule has 2 saturated carbocycles. The van der Waals surface area contributed by atoms with Crippen LogP contribution in [-0.2, 0) is 4.79 Å². The Labute approximate surface area is 94.0 Å². The molecule has 2 aliphatic rings. The third kappa shape index (κ3) is 2.97. The first-order chi connectivity index (χ1) is 6.75. The van der Waals surface area contributed by atoms with Gasteiger partial charge in [-0.25, -0.2) is 0 Å². The van der Waals surface area contributed by atoms with Crippen LogP contribution in [0.15, 0.2) is 0 Å². The van der Waals surface area contributed by atoms with Gasteiger partial charge in [-0.05, 0) is 37.5 Å². The lowest BCUT2D eigenvalue weighted by atomic mass is 10.1. The quantitative estimate of drug-likeness (QED) is 0.773. The molecule has 0 aromatic rings. The van der Waals surface area contributed by atoms with Gasteiger partial charge >= 0.3 is 0 Å². The first kappa shape index (κ1) is 10.5. The van der Waals surface area contributed by atoms with Gasteiger partial charge in [0.2, 0.25) is 5.91 Å². The normalized spacial score (nSPS) is 31.8. The summed E-state index contributed by atoms with van der Waals surface area (Å²) in [7, 11) is 0. The van der Waals surface area contributed by atoms with Crippen molar-refractivity contribution in [3.63, 3.8) is 0 Å². The molecule has 0 spiro atoms. The van der Waals surface area contributed by atoms with E-state index < -0.39 is 0 Å². The van der Waals surface area contributed by atoms with Crippen LogP contribution in [0.25, 0.3) is 0 Å². The minimum Gasteiger partial charge on any atom is -0.356 e. The van der Waals surface area contributed by atoms with E-state index in [1.165, 1.54) is 32.1 Å². The number of halogens is 1. The molecule has 1 N–H and O–H groups in total. The second-order valence-electron chi connectivity index (χ2n) is 4.66. The van der Waals surface area contributed by atoms with E-state index in [9.17, 15) is 4.79 Å². The second-order valence-corrected chi connectivity index (χ2v) is 5.83. The molecule has 80 valence electrons. The third-order valence-electron chi connectivity index (χ3n) is 3.30. The van der Waals surface area contributed by atoms with Crippen LogP contribution in [0.3, 0.4) is 0 Å². The second kappa shape index (κ2) is 4.65. The highest BCUT2D eigenvalue weighted by atomic mass is 79.9. The van der Waals surface area contributed by atoms with Crippen LogP contribution < -0.4 is 5.32 Å². The fourth-order valence-electron chi connectivity index (χ4n) is 2.12. The van der Waals surface area contributed by atoms with Crippen LogP contribution in [0, 0.1) is 11.8 Å². The summed E-state index contributed by atoms with van der Waals surface area (Å²) in [5.74, 6) is 1.63. The molecule has 2 nitrogen and oxygen atoms in total. The standard InChI is InChI=1S/C11H18BrNO/c12-10-3-1-2-9(10)7-13-11(14)6-8-4-5-8/h8-10H,1-7H2,(H,13,14). The lowest BCUT2D eigenvalue weighted by Crippen LogP contribution is -2.31. The minimum absolute atomic E-state index is 0.263. The van der Waals surface area contributed by atoms with E-state index in [1.54, 1.807) is 0 Å². The molecule has 2 fully saturated rings. The van der Waals surface area contributed by atoms with Gasteiger partial charge in [0.1, 0.15) is 0 Å². The average molecular weight is 260 g/mol. The molecule has 1 amide bonds. The smallest absolute Gasteiger partial charge is 0.220 e. The van der Waals surface area contributed by atoms with Crippen molar-refractivity contribution >= 4 is 21.8 Å². The van der Waals surface area contributed by atoms with Crippen molar-refractivity contribution in [3.05, 3.63) is 0 Å². The van der Waals surface area contributed by atoms with Crippen molar-refractivity contribution in [2.75, 3.05) is 6.54 Å². The Morgan fingerprint density at radius 2 is 2.07 bits per heavy atom. The Morgan fingerprint density at radius 3 is 2.64 bits per heavy atom. The molecule has 0 heterocycles. The zero-order valence-electron chi connectivity index (χ0n) is 8.47. The van der Waals surface area contributed by atoms with E-state index in [-0.39, 0.29) is 5.91 Å². The van der Waals surface area contributed by atoms with Crippen LogP contribution in [0.1, 0.15) is 38.5 Å². The molecule has 2 rings (SSSR count). The first-order valence-corrected chi connectivity index (χ1v) is 6.58. The van der Waals surface area contributed by atoms with Gasteiger partial charge in [0, 0.05) is 17.8 Å². The number of hydrogen-bond donors (Lipinski definition) is 1. The highest BCUT2D eigenvalue weighted by molar-refractivity contribution is 9.09. The van der Waals surface area contributed by atoms with E-state index in [2.05, 4.69) is 21.2 Å². The average Bonchev–Trinajstić information content (AvgIpc) is 2.86. The largest absolute Gasteiger partial charge is 0.356 e. The van der Waals surface area contributed by atoms with Crippen LogP contribution in [-0.4, -0.2) is 17.3 Å². The predicted molar refractivity (Wildman–Crippen MR) is 60.4 cm³/mol. The topological polar surface area (TPSA) is 29.1 Å². The Kier molecular flexibility index (Phi) is 3.47. The number of alkyl halides is 1.